The quantitative estimate of drug-likeness (QED) is 0.312. The van der Waals surface area contributed by atoms with Gasteiger partial charge in [0.2, 0.25) is 11.7 Å². The van der Waals surface area contributed by atoms with Gasteiger partial charge < -0.3 is 19.1 Å². The van der Waals surface area contributed by atoms with E-state index >= 15 is 0 Å². The highest BCUT2D eigenvalue weighted by atomic mass is 35.5. The molecule has 0 unspecified atom stereocenters. The van der Waals surface area contributed by atoms with E-state index in [0.29, 0.717) is 27.8 Å². The minimum atomic E-state index is -0.970. The third-order valence-electron chi connectivity index (χ3n) is 5.69. The molecule has 0 spiro atoms. The van der Waals surface area contributed by atoms with Crippen molar-refractivity contribution in [3.63, 3.8) is 0 Å². The van der Waals surface area contributed by atoms with Crippen molar-refractivity contribution in [2.45, 2.75) is 19.4 Å². The number of rotatable bonds is 8. The molecule has 1 fully saturated rings. The van der Waals surface area contributed by atoms with Crippen LogP contribution in [0.1, 0.15) is 23.7 Å². The van der Waals surface area contributed by atoms with Gasteiger partial charge in [-0.2, -0.15) is 0 Å². The van der Waals surface area contributed by atoms with Crippen LogP contribution < -0.4 is 14.4 Å². The van der Waals surface area contributed by atoms with Gasteiger partial charge >= 0.3 is 5.97 Å². The number of ether oxygens (including phenoxy) is 3. The molecule has 0 bridgehead atoms. The van der Waals surface area contributed by atoms with Gasteiger partial charge in [0.05, 0.1) is 13.0 Å². The van der Waals surface area contributed by atoms with E-state index in [1.165, 1.54) is 11.8 Å². The van der Waals surface area contributed by atoms with Crippen LogP contribution in [0.2, 0.25) is 5.02 Å². The van der Waals surface area contributed by atoms with Gasteiger partial charge in [0, 0.05) is 29.2 Å². The molecule has 4 rings (SSSR count). The number of halogens is 1. The molecule has 1 aliphatic rings. The molecule has 0 aromatic heterocycles. The first-order chi connectivity index (χ1) is 16.8. The first-order valence-electron chi connectivity index (χ1n) is 11.1. The molecule has 180 valence electrons. The monoisotopic (exact) mass is 493 g/mol. The predicted octanol–water partition coefficient (Wildman–Crippen LogP) is 5.31. The topological polar surface area (TPSA) is 82.1 Å². The number of amides is 1. The molecule has 2 atom stereocenters. The summed E-state index contributed by atoms with van der Waals surface area (Å²) in [4.78, 5) is 39.3. The van der Waals surface area contributed by atoms with Crippen LogP contribution in [0.5, 0.6) is 17.2 Å². The molecule has 0 saturated carbocycles. The van der Waals surface area contributed by atoms with E-state index in [0.717, 1.165) is 5.75 Å². The van der Waals surface area contributed by atoms with Crippen molar-refractivity contribution in [3.05, 3.63) is 83.4 Å². The summed E-state index contributed by atoms with van der Waals surface area (Å²) in [6, 6.07) is 20.6. The number of hydrogen-bond donors (Lipinski definition) is 0. The second-order valence-corrected chi connectivity index (χ2v) is 8.56. The van der Waals surface area contributed by atoms with E-state index in [1.807, 2.05) is 0 Å². The molecule has 3 aromatic rings. The molecule has 1 aliphatic heterocycles. The lowest BCUT2D eigenvalue weighted by atomic mass is 10.1. The minimum Gasteiger partial charge on any atom is -0.497 e. The average molecular weight is 494 g/mol. The van der Waals surface area contributed by atoms with Crippen molar-refractivity contribution in [2.75, 3.05) is 18.6 Å². The SMILES string of the molecule is COc1ccc(Oc2ccc(N3C[C@@H](C(=O)O[C@@H](C)C(=O)c4ccc(Cl)cc4)CC3=O)cc2)cc1. The molecule has 1 amide bonds. The summed E-state index contributed by atoms with van der Waals surface area (Å²) < 4.78 is 16.3. The van der Waals surface area contributed by atoms with E-state index in [-0.39, 0.29) is 24.7 Å². The highest BCUT2D eigenvalue weighted by Crippen LogP contribution is 2.30. The van der Waals surface area contributed by atoms with Gasteiger partial charge in [0.25, 0.3) is 0 Å². The third-order valence-corrected chi connectivity index (χ3v) is 5.94. The molecule has 35 heavy (non-hydrogen) atoms. The van der Waals surface area contributed by atoms with Crippen molar-refractivity contribution in [1.29, 1.82) is 0 Å². The summed E-state index contributed by atoms with van der Waals surface area (Å²) in [6.45, 7) is 1.70. The molecule has 0 N–H and O–H groups in total. The standard InChI is InChI=1S/C27H24ClNO6/c1-17(26(31)18-3-5-20(28)6-4-18)34-27(32)19-15-25(30)29(16-19)21-7-9-23(10-8-21)35-24-13-11-22(33-2)12-14-24/h3-14,17,19H,15-16H2,1-2H3/t17-,19-/m0/s1. The summed E-state index contributed by atoms with van der Waals surface area (Å²) in [5.74, 6) is 0.249. The number of hydrogen-bond acceptors (Lipinski definition) is 6. The minimum absolute atomic E-state index is 0.0186. The first-order valence-corrected chi connectivity index (χ1v) is 11.4. The Morgan fingerprint density at radius 2 is 1.49 bits per heavy atom. The van der Waals surface area contributed by atoms with Crippen LogP contribution >= 0.6 is 11.6 Å². The number of carbonyl (C=O) groups excluding carboxylic acids is 3. The molecule has 1 saturated heterocycles. The summed E-state index contributed by atoms with van der Waals surface area (Å²) in [7, 11) is 1.60. The number of carbonyl (C=O) groups is 3. The average Bonchev–Trinajstić information content (AvgIpc) is 3.26. The maximum absolute atomic E-state index is 12.7. The number of ketones is 1. The fourth-order valence-electron chi connectivity index (χ4n) is 3.76. The van der Waals surface area contributed by atoms with Gasteiger partial charge in [-0.3, -0.25) is 14.4 Å². The summed E-state index contributed by atoms with van der Waals surface area (Å²) in [5, 5.41) is 0.510. The van der Waals surface area contributed by atoms with Gasteiger partial charge in [0.15, 0.2) is 6.10 Å². The summed E-state index contributed by atoms with van der Waals surface area (Å²) >= 11 is 5.85. The molecule has 7 nitrogen and oxygen atoms in total. The fraction of sp³-hybridized carbons (Fsp3) is 0.222. The van der Waals surface area contributed by atoms with E-state index in [4.69, 9.17) is 25.8 Å². The summed E-state index contributed by atoms with van der Waals surface area (Å²) in [6.07, 6.45) is -0.952. The van der Waals surface area contributed by atoms with Crippen LogP contribution in [0, 0.1) is 5.92 Å². The largest absolute Gasteiger partial charge is 0.497 e. The fourth-order valence-corrected chi connectivity index (χ4v) is 3.89. The first kappa shape index (κ1) is 24.3. The van der Waals surface area contributed by atoms with Gasteiger partial charge in [-0.25, -0.2) is 0 Å². The predicted molar refractivity (Wildman–Crippen MR) is 131 cm³/mol. The normalized spacial score (nSPS) is 16.0. The molecule has 1 heterocycles. The smallest absolute Gasteiger partial charge is 0.312 e. The van der Waals surface area contributed by atoms with E-state index < -0.39 is 18.0 Å². The van der Waals surface area contributed by atoms with Crippen LogP contribution in [-0.4, -0.2) is 37.4 Å². The van der Waals surface area contributed by atoms with Gasteiger partial charge in [0.1, 0.15) is 17.2 Å². The zero-order valence-electron chi connectivity index (χ0n) is 19.3. The van der Waals surface area contributed by atoms with E-state index in [2.05, 4.69) is 0 Å². The maximum atomic E-state index is 12.7. The molecule has 0 radical (unpaired) electrons. The van der Waals surface area contributed by atoms with Crippen molar-refractivity contribution in [1.82, 2.24) is 0 Å². The Labute approximate surface area is 208 Å². The van der Waals surface area contributed by atoms with Crippen molar-refractivity contribution in [2.24, 2.45) is 5.92 Å². The van der Waals surface area contributed by atoms with Crippen molar-refractivity contribution >= 4 is 34.9 Å². The van der Waals surface area contributed by atoms with Crippen LogP contribution in [0.15, 0.2) is 72.8 Å². The van der Waals surface area contributed by atoms with Crippen LogP contribution in [0.3, 0.4) is 0 Å². The molecule has 3 aromatic carbocycles. The second kappa shape index (κ2) is 10.6. The number of esters is 1. The van der Waals surface area contributed by atoms with Gasteiger partial charge in [-0.15, -0.1) is 0 Å². The zero-order valence-corrected chi connectivity index (χ0v) is 20.0. The molecular weight excluding hydrogens is 470 g/mol. The molecular formula is C27H24ClNO6. The maximum Gasteiger partial charge on any atom is 0.312 e. The Hall–Kier alpha value is -3.84. The van der Waals surface area contributed by atoms with Crippen LogP contribution in [0.25, 0.3) is 0 Å². The van der Waals surface area contributed by atoms with Gasteiger partial charge in [-0.1, -0.05) is 11.6 Å². The highest BCUT2D eigenvalue weighted by molar-refractivity contribution is 6.30. The number of methoxy groups -OCH3 is 1. The lowest BCUT2D eigenvalue weighted by molar-refractivity contribution is -0.151. The lowest BCUT2D eigenvalue weighted by Crippen LogP contribution is -2.30. The van der Waals surface area contributed by atoms with Gasteiger partial charge in [-0.05, 0) is 79.7 Å². The Balaban J connectivity index is 1.34. The molecule has 8 heteroatoms. The number of Topliss-reactive ketones (excluding diaryl/α,β-unsaturated/α-hetero) is 1. The number of anilines is 1. The van der Waals surface area contributed by atoms with Crippen molar-refractivity contribution < 1.29 is 28.6 Å². The van der Waals surface area contributed by atoms with Crippen LogP contribution in [-0.2, 0) is 14.3 Å². The number of benzene rings is 3. The Bertz CT molecular complexity index is 1210. The lowest BCUT2D eigenvalue weighted by Gasteiger charge is -2.18. The van der Waals surface area contributed by atoms with E-state index in [1.54, 1.807) is 79.9 Å². The Morgan fingerprint density at radius 1 is 0.914 bits per heavy atom. The van der Waals surface area contributed by atoms with E-state index in [9.17, 15) is 14.4 Å². The van der Waals surface area contributed by atoms with Crippen LogP contribution in [0.4, 0.5) is 5.69 Å². The third kappa shape index (κ3) is 5.81. The molecule has 0 aliphatic carbocycles. The van der Waals surface area contributed by atoms with Crippen molar-refractivity contribution in [3.8, 4) is 17.2 Å². The number of nitrogens with zero attached hydrogens (tertiary/aromatic N) is 1. The Morgan fingerprint density at radius 3 is 2.09 bits per heavy atom. The summed E-state index contributed by atoms with van der Waals surface area (Å²) in [5.41, 5.74) is 1.05. The zero-order chi connectivity index (χ0) is 24.9. The second-order valence-electron chi connectivity index (χ2n) is 8.13. The Kier molecular flexibility index (Phi) is 7.36. The highest BCUT2D eigenvalue weighted by Gasteiger charge is 2.37.